The van der Waals surface area contributed by atoms with E-state index in [2.05, 4.69) is 32.5 Å². The van der Waals surface area contributed by atoms with Crippen molar-refractivity contribution in [1.29, 1.82) is 0 Å². The number of aromatic nitrogens is 5. The second kappa shape index (κ2) is 8.54. The van der Waals surface area contributed by atoms with Gasteiger partial charge in [0.2, 0.25) is 0 Å². The highest BCUT2D eigenvalue weighted by Crippen LogP contribution is 2.43. The first-order chi connectivity index (χ1) is 15.5. The van der Waals surface area contributed by atoms with E-state index in [9.17, 15) is 19.7 Å². The van der Waals surface area contributed by atoms with Gasteiger partial charge in [0.25, 0.3) is 0 Å². The summed E-state index contributed by atoms with van der Waals surface area (Å²) in [6.45, 7) is 2.07. The molecule has 2 aromatic heterocycles. The lowest BCUT2D eigenvalue weighted by Crippen LogP contribution is -2.31. The number of thioether (sulfide) groups is 1. The molecule has 2 aliphatic carbocycles. The quantitative estimate of drug-likeness (QED) is 0.308. The molecular formula is C21H25FN6O3S. The maximum absolute atomic E-state index is 13.6. The highest BCUT2D eigenvalue weighted by Gasteiger charge is 2.44. The third-order valence-corrected chi connectivity index (χ3v) is 7.12. The number of halogens is 1. The Morgan fingerprint density at radius 2 is 2.03 bits per heavy atom. The molecular weight excluding hydrogens is 435 g/mol. The smallest absolute Gasteiger partial charge is 0.191 e. The number of nitrogens with one attached hydrogen (secondary N) is 1. The predicted molar refractivity (Wildman–Crippen MR) is 117 cm³/mol. The average molecular weight is 461 g/mol. The molecule has 3 aromatic rings. The van der Waals surface area contributed by atoms with Gasteiger partial charge in [-0.15, -0.1) is 5.10 Å². The van der Waals surface area contributed by atoms with Crippen molar-refractivity contribution >= 4 is 28.7 Å². The molecule has 170 valence electrons. The van der Waals surface area contributed by atoms with Gasteiger partial charge in [-0.25, -0.2) is 19.0 Å². The number of aliphatic hydroxyl groups excluding tert-OH is 3. The third kappa shape index (κ3) is 3.94. The molecule has 0 spiro atoms. The van der Waals surface area contributed by atoms with Crippen LogP contribution in [0.15, 0.2) is 29.4 Å². The summed E-state index contributed by atoms with van der Waals surface area (Å²) in [4.78, 5) is 9.25. The van der Waals surface area contributed by atoms with Gasteiger partial charge in [0, 0.05) is 24.1 Å². The highest BCUT2D eigenvalue weighted by molar-refractivity contribution is 7.99. The maximum atomic E-state index is 13.6. The molecule has 9 nitrogen and oxygen atoms in total. The average Bonchev–Trinajstić information content (AvgIpc) is 3.35. The zero-order chi connectivity index (χ0) is 22.4. The fraction of sp³-hybridized carbons (Fsp3) is 0.524. The van der Waals surface area contributed by atoms with Crippen molar-refractivity contribution in [3.8, 4) is 0 Å². The molecule has 2 saturated carbocycles. The summed E-state index contributed by atoms with van der Waals surface area (Å²) in [6.07, 6.45) is -1.51. The number of rotatable bonds is 7. The van der Waals surface area contributed by atoms with Gasteiger partial charge in [0.05, 0.1) is 12.1 Å². The van der Waals surface area contributed by atoms with E-state index in [1.54, 1.807) is 12.1 Å². The van der Waals surface area contributed by atoms with Gasteiger partial charge in [0.1, 0.15) is 18.0 Å². The molecule has 2 heterocycles. The topological polar surface area (TPSA) is 129 Å². The number of aliphatic hydroxyl groups is 3. The third-order valence-electron chi connectivity index (χ3n) is 6.06. The molecule has 2 aliphatic rings. The molecule has 1 aromatic carbocycles. The van der Waals surface area contributed by atoms with Crippen LogP contribution in [-0.2, 0) is 0 Å². The minimum Gasteiger partial charge on any atom is -0.390 e. The fourth-order valence-corrected chi connectivity index (χ4v) is 4.95. The van der Waals surface area contributed by atoms with Gasteiger partial charge in [-0.2, -0.15) is 0 Å². The molecule has 0 amide bonds. The minimum absolute atomic E-state index is 0.0878. The maximum Gasteiger partial charge on any atom is 0.191 e. The van der Waals surface area contributed by atoms with Crippen LogP contribution in [0.4, 0.5) is 10.2 Å². The van der Waals surface area contributed by atoms with Crippen molar-refractivity contribution in [2.45, 2.75) is 67.7 Å². The molecule has 5 rings (SSSR count). The lowest BCUT2D eigenvalue weighted by molar-refractivity contribution is -0.0253. The predicted octanol–water partition coefficient (Wildman–Crippen LogP) is 1.86. The molecule has 6 atom stereocenters. The molecule has 0 saturated heterocycles. The first kappa shape index (κ1) is 21.5. The largest absolute Gasteiger partial charge is 0.390 e. The van der Waals surface area contributed by atoms with Crippen LogP contribution < -0.4 is 5.32 Å². The van der Waals surface area contributed by atoms with E-state index in [0.717, 1.165) is 24.2 Å². The number of nitrogens with zero attached hydrogens (tertiary/aromatic N) is 5. The molecule has 0 aliphatic heterocycles. The summed E-state index contributed by atoms with van der Waals surface area (Å²) in [5.41, 5.74) is 1.84. The Morgan fingerprint density at radius 3 is 2.75 bits per heavy atom. The Morgan fingerprint density at radius 1 is 1.19 bits per heavy atom. The van der Waals surface area contributed by atoms with Crippen molar-refractivity contribution in [3.63, 3.8) is 0 Å². The van der Waals surface area contributed by atoms with Gasteiger partial charge >= 0.3 is 0 Å². The van der Waals surface area contributed by atoms with E-state index in [4.69, 9.17) is 0 Å². The summed E-state index contributed by atoms with van der Waals surface area (Å²) < 4.78 is 15.1. The van der Waals surface area contributed by atoms with Crippen molar-refractivity contribution in [3.05, 3.63) is 35.6 Å². The zero-order valence-electron chi connectivity index (χ0n) is 17.5. The van der Waals surface area contributed by atoms with Gasteiger partial charge in [0.15, 0.2) is 22.1 Å². The highest BCUT2D eigenvalue weighted by atomic mass is 32.2. The Kier molecular flexibility index (Phi) is 5.74. The molecule has 0 radical (unpaired) electrons. The van der Waals surface area contributed by atoms with Crippen molar-refractivity contribution in [1.82, 2.24) is 25.0 Å². The van der Waals surface area contributed by atoms with Crippen LogP contribution in [-0.4, -0.2) is 70.4 Å². The van der Waals surface area contributed by atoms with Crippen LogP contribution >= 0.6 is 11.8 Å². The Labute approximate surface area is 188 Å². The summed E-state index contributed by atoms with van der Waals surface area (Å²) >= 11 is 1.51. The zero-order valence-corrected chi connectivity index (χ0v) is 18.3. The SMILES string of the molecule is CCCSc1nc(NC2CC2c2cccc(F)c2)c2nnn([C@@H]3C[C@H](O)[C@@H](O)[C@H]3O)c2n1. The van der Waals surface area contributed by atoms with Crippen LogP contribution in [0.5, 0.6) is 0 Å². The summed E-state index contributed by atoms with van der Waals surface area (Å²) in [5.74, 6) is 1.31. The van der Waals surface area contributed by atoms with Crippen LogP contribution in [0, 0.1) is 5.82 Å². The number of anilines is 1. The monoisotopic (exact) mass is 460 g/mol. The fourth-order valence-electron chi connectivity index (χ4n) is 4.25. The second-order valence-corrected chi connectivity index (χ2v) is 9.47. The Balaban J connectivity index is 1.46. The van der Waals surface area contributed by atoms with Gasteiger partial charge in [-0.05, 0) is 30.5 Å². The second-order valence-electron chi connectivity index (χ2n) is 8.41. The Hall–Kier alpha value is -2.34. The lowest BCUT2D eigenvalue weighted by atomic mass is 10.1. The van der Waals surface area contributed by atoms with Crippen LogP contribution in [0.25, 0.3) is 11.2 Å². The van der Waals surface area contributed by atoms with E-state index in [1.807, 2.05) is 6.07 Å². The first-order valence-corrected chi connectivity index (χ1v) is 11.8. The standard InChI is InChI=1S/C21H25FN6O3S/c1-2-6-32-21-24-19(23-13-8-12(13)10-4-3-5-11(22)7-10)16-20(25-21)28(27-26-16)14-9-15(29)18(31)17(14)30/h3-5,7,12-15,17-18,29-31H,2,6,8-9H2,1H3,(H,23,24,25)/t12?,13?,14-,15+,17+,18-/m1/s1. The molecule has 32 heavy (non-hydrogen) atoms. The van der Waals surface area contributed by atoms with E-state index >= 15 is 0 Å². The number of benzene rings is 1. The van der Waals surface area contributed by atoms with E-state index in [0.29, 0.717) is 22.1 Å². The van der Waals surface area contributed by atoms with Crippen LogP contribution in [0.3, 0.4) is 0 Å². The summed E-state index contributed by atoms with van der Waals surface area (Å²) in [7, 11) is 0. The number of fused-ring (bicyclic) bond motifs is 1. The van der Waals surface area contributed by atoms with E-state index in [1.165, 1.54) is 22.5 Å². The summed E-state index contributed by atoms with van der Waals surface area (Å²) in [5, 5.41) is 42.7. The molecule has 0 bridgehead atoms. The minimum atomic E-state index is -1.24. The molecule has 4 N–H and O–H groups in total. The first-order valence-electron chi connectivity index (χ1n) is 10.8. The number of hydrogen-bond acceptors (Lipinski definition) is 9. The Bertz CT molecular complexity index is 1130. The van der Waals surface area contributed by atoms with Gasteiger partial charge in [-0.1, -0.05) is 36.0 Å². The van der Waals surface area contributed by atoms with Crippen molar-refractivity contribution in [2.24, 2.45) is 0 Å². The lowest BCUT2D eigenvalue weighted by Gasteiger charge is -2.16. The molecule has 2 unspecified atom stereocenters. The van der Waals surface area contributed by atoms with Crippen molar-refractivity contribution < 1.29 is 19.7 Å². The normalized spacial score (nSPS) is 29.5. The van der Waals surface area contributed by atoms with Crippen LogP contribution in [0.2, 0.25) is 0 Å². The van der Waals surface area contributed by atoms with Gasteiger partial charge in [-0.3, -0.25) is 0 Å². The van der Waals surface area contributed by atoms with Crippen molar-refractivity contribution in [2.75, 3.05) is 11.1 Å². The molecule has 2 fully saturated rings. The van der Waals surface area contributed by atoms with Gasteiger partial charge < -0.3 is 20.6 Å². The van der Waals surface area contributed by atoms with E-state index in [-0.39, 0.29) is 24.2 Å². The van der Waals surface area contributed by atoms with E-state index < -0.39 is 24.4 Å². The molecule has 11 heteroatoms. The summed E-state index contributed by atoms with van der Waals surface area (Å²) in [6, 6.07) is 6.07. The van der Waals surface area contributed by atoms with Crippen LogP contribution in [0.1, 0.15) is 43.7 Å². The number of hydrogen-bond donors (Lipinski definition) is 4.